The summed E-state index contributed by atoms with van der Waals surface area (Å²) in [5.41, 5.74) is -1.77. The normalized spacial score (nSPS) is 17.8. The second-order valence-electron chi connectivity index (χ2n) is 2.13. The second-order valence-corrected chi connectivity index (χ2v) is 2.13. The Morgan fingerprint density at radius 1 is 1.67 bits per heavy atom. The highest BCUT2D eigenvalue weighted by atomic mass is 19.1. The fraction of sp³-hybridized carbons (Fsp3) is 0.571. The summed E-state index contributed by atoms with van der Waals surface area (Å²) in [6.45, 7) is 4.16. The number of halogens is 1. The van der Waals surface area contributed by atoms with Crippen molar-refractivity contribution in [2.24, 2.45) is 0 Å². The van der Waals surface area contributed by atoms with Crippen molar-refractivity contribution in [1.29, 1.82) is 0 Å². The average molecular weight is 130 g/mol. The van der Waals surface area contributed by atoms with E-state index in [4.69, 9.17) is 0 Å². The van der Waals surface area contributed by atoms with Crippen LogP contribution in [0.2, 0.25) is 0 Å². The second kappa shape index (κ2) is 2.76. The quantitative estimate of drug-likeness (QED) is 0.521. The smallest absolute Gasteiger partial charge is 0.183 e. The molecular weight excluding hydrogens is 119 g/mol. The van der Waals surface area contributed by atoms with Gasteiger partial charge in [-0.3, -0.25) is 4.79 Å². The van der Waals surface area contributed by atoms with Crippen LogP contribution in [0.4, 0.5) is 4.39 Å². The Labute approximate surface area is 54.6 Å². The van der Waals surface area contributed by atoms with Crippen molar-refractivity contribution in [2.75, 3.05) is 0 Å². The molecule has 0 aliphatic rings. The molecule has 0 amide bonds. The van der Waals surface area contributed by atoms with E-state index in [0.29, 0.717) is 0 Å². The molecule has 0 bridgehead atoms. The lowest BCUT2D eigenvalue weighted by Crippen LogP contribution is -2.24. The number of ketones is 1. The third kappa shape index (κ3) is 2.40. The first-order chi connectivity index (χ1) is 4.00. The molecule has 0 aliphatic carbocycles. The number of hydrogen-bond acceptors (Lipinski definition) is 1. The summed E-state index contributed by atoms with van der Waals surface area (Å²) in [6, 6.07) is 0. The first-order valence-corrected chi connectivity index (χ1v) is 2.84. The number of alkyl halides is 1. The van der Waals surface area contributed by atoms with E-state index < -0.39 is 11.5 Å². The highest BCUT2D eigenvalue weighted by Crippen LogP contribution is 2.12. The topological polar surface area (TPSA) is 17.1 Å². The number of carbonyl (C=O) groups excluding carboxylic acids is 1. The van der Waals surface area contributed by atoms with Gasteiger partial charge >= 0.3 is 0 Å². The summed E-state index contributed by atoms with van der Waals surface area (Å²) in [4.78, 5) is 10.4. The third-order valence-electron chi connectivity index (χ3n) is 1.17. The highest BCUT2D eigenvalue weighted by molar-refractivity contribution is 5.86. The first kappa shape index (κ1) is 8.34. The Morgan fingerprint density at radius 3 is 2.22 bits per heavy atom. The van der Waals surface area contributed by atoms with E-state index in [1.54, 1.807) is 6.92 Å². The van der Waals surface area contributed by atoms with Crippen LogP contribution in [-0.4, -0.2) is 11.5 Å². The SMILES string of the molecule is CC=CC(C)(F)C(C)=O. The number of allylic oxidation sites excluding steroid dienone is 2. The molecule has 52 valence electrons. The Bertz CT molecular complexity index is 136. The molecule has 1 atom stereocenters. The molecular formula is C7H11FO. The Morgan fingerprint density at radius 2 is 2.11 bits per heavy atom. The van der Waals surface area contributed by atoms with E-state index in [-0.39, 0.29) is 0 Å². The molecule has 0 rings (SSSR count). The minimum absolute atomic E-state index is 0.458. The lowest BCUT2D eigenvalue weighted by molar-refractivity contribution is -0.124. The molecule has 1 nitrogen and oxygen atoms in total. The predicted molar refractivity (Wildman–Crippen MR) is 35.0 cm³/mol. The Balaban J connectivity index is 4.19. The van der Waals surface area contributed by atoms with Crippen molar-refractivity contribution in [1.82, 2.24) is 0 Å². The van der Waals surface area contributed by atoms with Crippen LogP contribution in [0.5, 0.6) is 0 Å². The summed E-state index contributed by atoms with van der Waals surface area (Å²) in [5.74, 6) is -0.458. The fourth-order valence-corrected chi connectivity index (χ4v) is 0.430. The van der Waals surface area contributed by atoms with Crippen molar-refractivity contribution in [3.8, 4) is 0 Å². The highest BCUT2D eigenvalue weighted by Gasteiger charge is 2.24. The number of hydrogen-bond donors (Lipinski definition) is 0. The van der Waals surface area contributed by atoms with Gasteiger partial charge in [-0.25, -0.2) is 4.39 Å². The molecule has 0 aromatic heterocycles. The van der Waals surface area contributed by atoms with Gasteiger partial charge in [0, 0.05) is 0 Å². The zero-order chi connectivity index (χ0) is 7.49. The summed E-state index contributed by atoms with van der Waals surface area (Å²) in [7, 11) is 0. The minimum Gasteiger partial charge on any atom is -0.296 e. The molecule has 0 radical (unpaired) electrons. The Hall–Kier alpha value is -0.660. The summed E-state index contributed by atoms with van der Waals surface area (Å²) in [5, 5.41) is 0. The van der Waals surface area contributed by atoms with Crippen LogP contribution >= 0.6 is 0 Å². The molecule has 0 saturated carbocycles. The maximum absolute atomic E-state index is 12.8. The molecule has 0 aliphatic heterocycles. The number of rotatable bonds is 2. The molecule has 0 aromatic rings. The van der Waals surface area contributed by atoms with E-state index in [0.717, 1.165) is 0 Å². The molecule has 9 heavy (non-hydrogen) atoms. The van der Waals surface area contributed by atoms with E-state index >= 15 is 0 Å². The van der Waals surface area contributed by atoms with Crippen molar-refractivity contribution >= 4 is 5.78 Å². The molecule has 0 N–H and O–H groups in total. The zero-order valence-electron chi connectivity index (χ0n) is 5.94. The molecule has 0 heterocycles. The van der Waals surface area contributed by atoms with Gasteiger partial charge in [0.1, 0.15) is 0 Å². The molecule has 0 aromatic carbocycles. The van der Waals surface area contributed by atoms with E-state index in [1.165, 1.54) is 26.0 Å². The molecule has 0 fully saturated rings. The predicted octanol–water partition coefficient (Wildman–Crippen LogP) is 1.88. The largest absolute Gasteiger partial charge is 0.296 e. The lowest BCUT2D eigenvalue weighted by atomic mass is 10.0. The number of Topliss-reactive ketones (excluding diaryl/α,β-unsaturated/α-hetero) is 1. The Kier molecular flexibility index (Phi) is 2.56. The van der Waals surface area contributed by atoms with Gasteiger partial charge in [-0.2, -0.15) is 0 Å². The van der Waals surface area contributed by atoms with Gasteiger partial charge in [-0.1, -0.05) is 6.08 Å². The van der Waals surface area contributed by atoms with E-state index in [2.05, 4.69) is 0 Å². The van der Waals surface area contributed by atoms with Gasteiger partial charge in [0.15, 0.2) is 11.5 Å². The molecule has 0 saturated heterocycles. The average Bonchev–Trinajstić information content (AvgIpc) is 1.65. The molecule has 1 unspecified atom stereocenters. The first-order valence-electron chi connectivity index (χ1n) is 2.84. The van der Waals surface area contributed by atoms with Gasteiger partial charge in [0.2, 0.25) is 0 Å². The lowest BCUT2D eigenvalue weighted by Gasteiger charge is -2.09. The zero-order valence-corrected chi connectivity index (χ0v) is 5.94. The van der Waals surface area contributed by atoms with Gasteiger partial charge in [0.05, 0.1) is 0 Å². The third-order valence-corrected chi connectivity index (χ3v) is 1.17. The van der Waals surface area contributed by atoms with Crippen LogP contribution in [0, 0.1) is 0 Å². The van der Waals surface area contributed by atoms with Crippen LogP contribution in [0.3, 0.4) is 0 Å². The van der Waals surface area contributed by atoms with Gasteiger partial charge < -0.3 is 0 Å². The monoisotopic (exact) mass is 130 g/mol. The van der Waals surface area contributed by atoms with E-state index in [9.17, 15) is 9.18 Å². The summed E-state index contributed by atoms with van der Waals surface area (Å²) < 4.78 is 12.8. The van der Waals surface area contributed by atoms with Crippen LogP contribution < -0.4 is 0 Å². The van der Waals surface area contributed by atoms with Gasteiger partial charge in [-0.05, 0) is 26.8 Å². The van der Waals surface area contributed by atoms with Crippen LogP contribution in [-0.2, 0) is 4.79 Å². The summed E-state index contributed by atoms with van der Waals surface area (Å²) in [6.07, 6.45) is 2.77. The van der Waals surface area contributed by atoms with Crippen molar-refractivity contribution in [3.05, 3.63) is 12.2 Å². The van der Waals surface area contributed by atoms with E-state index in [1.807, 2.05) is 0 Å². The standard InChI is InChI=1S/C7H11FO/c1-4-5-7(3,8)6(2)9/h4-5H,1-3H3. The maximum atomic E-state index is 12.8. The van der Waals surface area contributed by atoms with Crippen molar-refractivity contribution in [3.63, 3.8) is 0 Å². The van der Waals surface area contributed by atoms with Crippen LogP contribution in [0.15, 0.2) is 12.2 Å². The molecule has 2 heteroatoms. The molecule has 0 spiro atoms. The maximum Gasteiger partial charge on any atom is 0.183 e. The van der Waals surface area contributed by atoms with Crippen LogP contribution in [0.1, 0.15) is 20.8 Å². The van der Waals surface area contributed by atoms with Crippen molar-refractivity contribution < 1.29 is 9.18 Å². The van der Waals surface area contributed by atoms with Gasteiger partial charge in [0.25, 0.3) is 0 Å². The van der Waals surface area contributed by atoms with Crippen LogP contribution in [0.25, 0.3) is 0 Å². The fourth-order valence-electron chi connectivity index (χ4n) is 0.430. The minimum atomic E-state index is -1.77. The van der Waals surface area contributed by atoms with Crippen molar-refractivity contribution in [2.45, 2.75) is 26.4 Å². The van der Waals surface area contributed by atoms with Gasteiger partial charge in [-0.15, -0.1) is 0 Å². The summed E-state index contributed by atoms with van der Waals surface area (Å²) >= 11 is 0. The number of carbonyl (C=O) groups is 1.